The van der Waals surface area contributed by atoms with E-state index in [0.717, 1.165) is 33.0 Å². The number of anilines is 1. The van der Waals surface area contributed by atoms with Crippen LogP contribution in [0.1, 0.15) is 42.5 Å². The average Bonchev–Trinajstić information content (AvgIpc) is 2.93. The fourth-order valence-corrected chi connectivity index (χ4v) is 5.86. The minimum absolute atomic E-state index is 0.0824. The predicted octanol–water partition coefficient (Wildman–Crippen LogP) is 4.76. The Morgan fingerprint density at radius 3 is 2.25 bits per heavy atom. The van der Waals surface area contributed by atoms with Crippen molar-refractivity contribution in [3.8, 4) is 5.75 Å². The molecule has 0 saturated heterocycles. The Kier molecular flexibility index (Phi) is 10.3. The Bertz CT molecular complexity index is 1440. The van der Waals surface area contributed by atoms with Crippen LogP contribution in [0, 0.1) is 20.8 Å². The largest absolute Gasteiger partial charge is 0.497 e. The van der Waals surface area contributed by atoms with Crippen molar-refractivity contribution in [1.82, 2.24) is 10.2 Å². The van der Waals surface area contributed by atoms with Crippen LogP contribution < -0.4 is 14.4 Å². The maximum Gasteiger partial charge on any atom is 0.264 e. The smallest absolute Gasteiger partial charge is 0.264 e. The van der Waals surface area contributed by atoms with Crippen molar-refractivity contribution in [1.29, 1.82) is 0 Å². The minimum atomic E-state index is -4.11. The molecular weight excluding hydrogens is 526 g/mol. The van der Waals surface area contributed by atoms with Crippen LogP contribution in [0.5, 0.6) is 5.75 Å². The number of ether oxygens (including phenoxy) is 1. The lowest BCUT2D eigenvalue weighted by Crippen LogP contribution is -2.51. The Labute approximate surface area is 238 Å². The molecule has 0 bridgehead atoms. The van der Waals surface area contributed by atoms with Gasteiger partial charge in [0.05, 0.1) is 17.7 Å². The third kappa shape index (κ3) is 7.41. The second-order valence-corrected chi connectivity index (χ2v) is 11.8. The van der Waals surface area contributed by atoms with Gasteiger partial charge in [-0.2, -0.15) is 0 Å². The third-order valence-electron chi connectivity index (χ3n) is 6.71. The Balaban J connectivity index is 2.06. The van der Waals surface area contributed by atoms with Gasteiger partial charge in [0, 0.05) is 13.1 Å². The van der Waals surface area contributed by atoms with Gasteiger partial charge < -0.3 is 15.0 Å². The molecule has 3 aromatic rings. The number of hydrogen-bond donors (Lipinski definition) is 1. The van der Waals surface area contributed by atoms with Gasteiger partial charge in [-0.3, -0.25) is 13.9 Å². The summed E-state index contributed by atoms with van der Waals surface area (Å²) in [5, 5.41) is 2.85. The van der Waals surface area contributed by atoms with E-state index in [0.29, 0.717) is 18.0 Å². The summed E-state index contributed by atoms with van der Waals surface area (Å²) < 4.78 is 34.4. The van der Waals surface area contributed by atoms with Gasteiger partial charge in [0.25, 0.3) is 10.0 Å². The number of nitrogens with zero attached hydrogens (tertiary/aromatic N) is 2. The van der Waals surface area contributed by atoms with Crippen LogP contribution in [0.3, 0.4) is 0 Å². The molecule has 0 fully saturated rings. The summed E-state index contributed by atoms with van der Waals surface area (Å²) in [6.45, 7) is 9.31. The molecule has 0 aliphatic carbocycles. The van der Waals surface area contributed by atoms with Crippen LogP contribution in [-0.2, 0) is 26.2 Å². The molecule has 0 aliphatic rings. The van der Waals surface area contributed by atoms with Gasteiger partial charge >= 0.3 is 0 Å². The maximum absolute atomic E-state index is 14.0. The monoisotopic (exact) mass is 565 g/mol. The summed E-state index contributed by atoms with van der Waals surface area (Å²) in [4.78, 5) is 28.5. The van der Waals surface area contributed by atoms with E-state index < -0.39 is 28.5 Å². The van der Waals surface area contributed by atoms with Crippen molar-refractivity contribution in [3.05, 3.63) is 89.0 Å². The third-order valence-corrected chi connectivity index (χ3v) is 8.49. The van der Waals surface area contributed by atoms with E-state index in [9.17, 15) is 18.0 Å². The molecule has 8 nitrogen and oxygen atoms in total. The van der Waals surface area contributed by atoms with Crippen LogP contribution in [0.25, 0.3) is 0 Å². The zero-order chi connectivity index (χ0) is 29.4. The summed E-state index contributed by atoms with van der Waals surface area (Å²) >= 11 is 0. The summed E-state index contributed by atoms with van der Waals surface area (Å²) in [6, 6.07) is 18.3. The average molecular weight is 566 g/mol. The quantitative estimate of drug-likeness (QED) is 0.342. The SMILES string of the molecule is CCCNC(=O)[C@@H](C)N(Cc1cccc(OC)c1)C(=O)CN(c1ccc(C)cc1C)S(=O)(=O)c1ccc(C)cc1. The van der Waals surface area contributed by atoms with E-state index in [1.807, 2.05) is 52.0 Å². The fourth-order valence-electron chi connectivity index (χ4n) is 4.38. The van der Waals surface area contributed by atoms with Crippen LogP contribution in [0.15, 0.2) is 71.6 Å². The predicted molar refractivity (Wildman–Crippen MR) is 158 cm³/mol. The highest BCUT2D eigenvalue weighted by molar-refractivity contribution is 7.92. The van der Waals surface area contributed by atoms with E-state index in [1.165, 1.54) is 4.90 Å². The molecule has 0 spiro atoms. The topological polar surface area (TPSA) is 96.0 Å². The molecule has 0 aliphatic heterocycles. The van der Waals surface area contributed by atoms with E-state index >= 15 is 0 Å². The lowest BCUT2D eigenvalue weighted by Gasteiger charge is -2.32. The Hall–Kier alpha value is -3.85. The van der Waals surface area contributed by atoms with Crippen molar-refractivity contribution in [3.63, 3.8) is 0 Å². The number of rotatable bonds is 12. The molecule has 0 aromatic heterocycles. The van der Waals surface area contributed by atoms with Gasteiger partial charge in [0.2, 0.25) is 11.8 Å². The minimum Gasteiger partial charge on any atom is -0.497 e. The number of amides is 2. The molecule has 0 saturated carbocycles. The number of carbonyl (C=O) groups excluding carboxylic acids is 2. The molecule has 9 heteroatoms. The summed E-state index contributed by atoms with van der Waals surface area (Å²) in [5.41, 5.74) is 3.77. The van der Waals surface area contributed by atoms with E-state index in [4.69, 9.17) is 4.74 Å². The second-order valence-electron chi connectivity index (χ2n) is 9.95. The van der Waals surface area contributed by atoms with E-state index in [2.05, 4.69) is 5.32 Å². The first-order chi connectivity index (χ1) is 19.0. The van der Waals surface area contributed by atoms with E-state index in [1.54, 1.807) is 56.5 Å². The van der Waals surface area contributed by atoms with Crippen molar-refractivity contribution in [2.45, 2.75) is 58.5 Å². The number of hydrogen-bond acceptors (Lipinski definition) is 5. The van der Waals surface area contributed by atoms with Gasteiger partial charge in [0.1, 0.15) is 18.3 Å². The molecule has 0 unspecified atom stereocenters. The zero-order valence-corrected chi connectivity index (χ0v) is 24.9. The van der Waals surface area contributed by atoms with Crippen LogP contribution >= 0.6 is 0 Å². The molecule has 40 heavy (non-hydrogen) atoms. The highest BCUT2D eigenvalue weighted by atomic mass is 32.2. The number of carbonyl (C=O) groups is 2. The summed E-state index contributed by atoms with van der Waals surface area (Å²) in [5.74, 6) is -0.193. The first-order valence-electron chi connectivity index (χ1n) is 13.3. The Morgan fingerprint density at radius 1 is 0.950 bits per heavy atom. The lowest BCUT2D eigenvalue weighted by atomic mass is 10.1. The molecule has 214 valence electrons. The molecule has 1 atom stereocenters. The fraction of sp³-hybridized carbons (Fsp3) is 0.355. The van der Waals surface area contributed by atoms with Gasteiger partial charge in [0.15, 0.2) is 0 Å². The van der Waals surface area contributed by atoms with E-state index in [-0.39, 0.29) is 17.3 Å². The molecule has 3 aromatic carbocycles. The van der Waals surface area contributed by atoms with Gasteiger partial charge in [-0.25, -0.2) is 8.42 Å². The first-order valence-corrected chi connectivity index (χ1v) is 14.8. The van der Waals surface area contributed by atoms with Gasteiger partial charge in [-0.1, -0.05) is 54.4 Å². The Morgan fingerprint density at radius 2 is 1.62 bits per heavy atom. The molecule has 0 heterocycles. The number of benzene rings is 3. The zero-order valence-electron chi connectivity index (χ0n) is 24.1. The number of nitrogens with one attached hydrogen (secondary N) is 1. The van der Waals surface area contributed by atoms with Crippen molar-refractivity contribution >= 4 is 27.5 Å². The van der Waals surface area contributed by atoms with Crippen LogP contribution in [0.2, 0.25) is 0 Å². The molecular formula is C31H39N3O5S. The number of methoxy groups -OCH3 is 1. The lowest BCUT2D eigenvalue weighted by molar-refractivity contribution is -0.139. The standard InChI is InChI=1S/C31H39N3O5S/c1-7-17-32-31(36)25(5)33(20-26-9-8-10-27(19-26)39-6)30(35)21-34(29-16-13-23(3)18-24(29)4)40(37,38)28-14-11-22(2)12-15-28/h8-16,18-19,25H,7,17,20-21H2,1-6H3,(H,32,36)/t25-/m1/s1. The van der Waals surface area contributed by atoms with Gasteiger partial charge in [-0.05, 0) is 75.6 Å². The highest BCUT2D eigenvalue weighted by Gasteiger charge is 2.33. The number of aryl methyl sites for hydroxylation is 3. The van der Waals surface area contributed by atoms with Crippen molar-refractivity contribution in [2.75, 3.05) is 24.5 Å². The summed E-state index contributed by atoms with van der Waals surface area (Å²) in [7, 11) is -2.56. The molecule has 2 amide bonds. The summed E-state index contributed by atoms with van der Waals surface area (Å²) in [6.07, 6.45) is 0.748. The number of sulfonamides is 1. The normalized spacial score (nSPS) is 11.9. The molecule has 1 N–H and O–H groups in total. The first kappa shape index (κ1) is 30.7. The van der Waals surface area contributed by atoms with Crippen LogP contribution in [-0.4, -0.2) is 51.4 Å². The van der Waals surface area contributed by atoms with Crippen LogP contribution in [0.4, 0.5) is 5.69 Å². The van der Waals surface area contributed by atoms with Crippen molar-refractivity contribution in [2.24, 2.45) is 0 Å². The maximum atomic E-state index is 14.0. The second kappa shape index (κ2) is 13.5. The molecule has 0 radical (unpaired) electrons. The molecule has 3 rings (SSSR count). The highest BCUT2D eigenvalue weighted by Crippen LogP contribution is 2.28. The van der Waals surface area contributed by atoms with Crippen molar-refractivity contribution < 1.29 is 22.7 Å². The van der Waals surface area contributed by atoms with Gasteiger partial charge in [-0.15, -0.1) is 0 Å².